The fourth-order valence-corrected chi connectivity index (χ4v) is 6.21. The molecule has 1 atom stereocenters. The van der Waals surface area contributed by atoms with E-state index in [4.69, 9.17) is 22.1 Å². The van der Waals surface area contributed by atoms with Crippen LogP contribution in [0.15, 0.2) is 77.7 Å². The van der Waals surface area contributed by atoms with Gasteiger partial charge in [-0.25, -0.2) is 18.0 Å². The maximum atomic E-state index is 13.6. The number of halogens is 1. The highest BCUT2D eigenvalue weighted by Gasteiger charge is 2.41. The molecule has 10 heteroatoms. The van der Waals surface area contributed by atoms with Gasteiger partial charge in [-0.1, -0.05) is 60.1 Å². The van der Waals surface area contributed by atoms with Crippen molar-refractivity contribution in [2.75, 3.05) is 13.2 Å². The Morgan fingerprint density at radius 3 is 2.05 bits per heavy atom. The predicted molar refractivity (Wildman–Crippen MR) is 140 cm³/mol. The Kier molecular flexibility index (Phi) is 8.16. The van der Waals surface area contributed by atoms with E-state index in [-0.39, 0.29) is 23.8 Å². The molecule has 3 aromatic rings. The molecule has 37 heavy (non-hydrogen) atoms. The lowest BCUT2D eigenvalue weighted by atomic mass is 9.98. The summed E-state index contributed by atoms with van der Waals surface area (Å²) in [4.78, 5) is 25.3. The van der Waals surface area contributed by atoms with Crippen molar-refractivity contribution in [1.29, 1.82) is 0 Å². The molecule has 4 rings (SSSR count). The Balaban J connectivity index is 1.66. The van der Waals surface area contributed by atoms with E-state index in [1.807, 2.05) is 48.5 Å². The number of carboxylic acid groups (broad SMARTS) is 1. The summed E-state index contributed by atoms with van der Waals surface area (Å²) in [6.07, 6.45) is -0.569. The number of ether oxygens (including phenoxy) is 1. The Hall–Kier alpha value is -3.40. The second kappa shape index (κ2) is 11.3. The van der Waals surface area contributed by atoms with Crippen LogP contribution in [-0.2, 0) is 19.6 Å². The van der Waals surface area contributed by atoms with E-state index < -0.39 is 28.1 Å². The molecule has 3 N–H and O–H groups in total. The van der Waals surface area contributed by atoms with Crippen LogP contribution in [0.5, 0.6) is 0 Å². The number of amides is 1. The lowest BCUT2D eigenvalue weighted by molar-refractivity contribution is -0.141. The molecule has 1 aliphatic carbocycles. The molecule has 0 aliphatic heterocycles. The highest BCUT2D eigenvalue weighted by molar-refractivity contribution is 7.89. The number of rotatable bonds is 10. The first kappa shape index (κ1) is 26.7. The molecule has 0 bridgehead atoms. The SMILES string of the molecule is NCCCC[C@@H](C(=O)O)N(C(=O)OCC1c2ccccc2-c2ccccc21)S(=O)(=O)c1ccc(Cl)cc1. The average molecular weight is 543 g/mol. The Morgan fingerprint density at radius 1 is 0.946 bits per heavy atom. The van der Waals surface area contributed by atoms with Gasteiger partial charge in [-0.15, -0.1) is 0 Å². The lowest BCUT2D eigenvalue weighted by Crippen LogP contribution is -2.49. The zero-order chi connectivity index (χ0) is 26.6. The van der Waals surface area contributed by atoms with Crippen molar-refractivity contribution in [2.24, 2.45) is 5.73 Å². The Labute approximate surface area is 220 Å². The molecule has 0 radical (unpaired) electrons. The molecule has 0 aromatic heterocycles. The van der Waals surface area contributed by atoms with Crippen LogP contribution in [0.1, 0.15) is 36.3 Å². The van der Waals surface area contributed by atoms with Crippen LogP contribution in [0.4, 0.5) is 4.79 Å². The number of nitrogens with two attached hydrogens (primary N) is 1. The minimum atomic E-state index is -4.58. The number of unbranched alkanes of at least 4 members (excludes halogenated alkanes) is 1. The summed E-state index contributed by atoms with van der Waals surface area (Å²) < 4.78 is 33.0. The second-order valence-corrected chi connectivity index (χ2v) is 10.9. The molecular weight excluding hydrogens is 516 g/mol. The minimum absolute atomic E-state index is 0.108. The number of aliphatic carboxylic acids is 1. The molecule has 0 unspecified atom stereocenters. The third kappa shape index (κ3) is 5.49. The molecule has 0 saturated carbocycles. The van der Waals surface area contributed by atoms with Crippen molar-refractivity contribution in [3.63, 3.8) is 0 Å². The van der Waals surface area contributed by atoms with Gasteiger partial charge in [-0.3, -0.25) is 0 Å². The van der Waals surface area contributed by atoms with Crippen LogP contribution in [0, 0.1) is 0 Å². The van der Waals surface area contributed by atoms with Crippen molar-refractivity contribution >= 4 is 33.7 Å². The number of hydrogen-bond donors (Lipinski definition) is 2. The van der Waals surface area contributed by atoms with Gasteiger partial charge in [-0.05, 0) is 72.3 Å². The topological polar surface area (TPSA) is 127 Å². The van der Waals surface area contributed by atoms with E-state index in [0.717, 1.165) is 22.3 Å². The fraction of sp³-hybridized carbons (Fsp3) is 0.259. The van der Waals surface area contributed by atoms with Gasteiger partial charge in [0.15, 0.2) is 0 Å². The number of sulfonamides is 1. The van der Waals surface area contributed by atoms with Crippen LogP contribution < -0.4 is 5.73 Å². The number of carbonyl (C=O) groups excluding carboxylic acids is 1. The number of carboxylic acids is 1. The Bertz CT molecular complexity index is 1350. The summed E-state index contributed by atoms with van der Waals surface area (Å²) in [5, 5.41) is 10.2. The van der Waals surface area contributed by atoms with Gasteiger partial charge in [-0.2, -0.15) is 4.31 Å². The largest absolute Gasteiger partial charge is 0.480 e. The van der Waals surface area contributed by atoms with Crippen molar-refractivity contribution < 1.29 is 27.9 Å². The van der Waals surface area contributed by atoms with Gasteiger partial charge in [0.1, 0.15) is 12.6 Å². The van der Waals surface area contributed by atoms with E-state index in [9.17, 15) is 23.1 Å². The quantitative estimate of drug-likeness (QED) is 0.350. The van der Waals surface area contributed by atoms with E-state index in [0.29, 0.717) is 28.7 Å². The van der Waals surface area contributed by atoms with E-state index >= 15 is 0 Å². The van der Waals surface area contributed by atoms with Crippen LogP contribution >= 0.6 is 11.6 Å². The molecule has 0 heterocycles. The number of hydrogen-bond acceptors (Lipinski definition) is 6. The van der Waals surface area contributed by atoms with Gasteiger partial charge >= 0.3 is 12.1 Å². The summed E-state index contributed by atoms with van der Waals surface area (Å²) in [7, 11) is -4.58. The average Bonchev–Trinajstić information content (AvgIpc) is 3.20. The molecule has 0 spiro atoms. The third-order valence-corrected chi connectivity index (χ3v) is 8.43. The molecule has 3 aromatic carbocycles. The van der Waals surface area contributed by atoms with Crippen LogP contribution in [0.2, 0.25) is 5.02 Å². The highest BCUT2D eigenvalue weighted by Crippen LogP contribution is 2.44. The van der Waals surface area contributed by atoms with Gasteiger partial charge in [0, 0.05) is 10.9 Å². The number of carbonyl (C=O) groups is 2. The fourth-order valence-electron chi connectivity index (χ4n) is 4.59. The minimum Gasteiger partial charge on any atom is -0.480 e. The van der Waals surface area contributed by atoms with Gasteiger partial charge < -0.3 is 15.6 Å². The number of benzene rings is 3. The zero-order valence-electron chi connectivity index (χ0n) is 19.9. The van der Waals surface area contributed by atoms with Crippen LogP contribution in [-0.4, -0.2) is 49.1 Å². The van der Waals surface area contributed by atoms with Crippen molar-refractivity contribution in [3.05, 3.63) is 88.9 Å². The summed E-state index contributed by atoms with van der Waals surface area (Å²) >= 11 is 5.90. The number of fused-ring (bicyclic) bond motifs is 3. The smallest absolute Gasteiger partial charge is 0.424 e. The van der Waals surface area contributed by atoms with E-state index in [2.05, 4.69) is 0 Å². The van der Waals surface area contributed by atoms with Crippen molar-refractivity contribution in [2.45, 2.75) is 36.1 Å². The molecule has 8 nitrogen and oxygen atoms in total. The van der Waals surface area contributed by atoms with E-state index in [1.165, 1.54) is 24.3 Å². The molecule has 1 aliphatic rings. The third-order valence-electron chi connectivity index (χ3n) is 6.39. The predicted octanol–water partition coefficient (Wildman–Crippen LogP) is 4.86. The van der Waals surface area contributed by atoms with Crippen LogP contribution in [0.25, 0.3) is 11.1 Å². The standard InChI is InChI=1S/C27H27ClN2O6S/c28-18-12-14-19(15-13-18)37(34,35)30(25(26(31)32)11-5-6-16-29)27(33)36-17-24-22-9-3-1-7-20(22)21-8-2-4-10-23(21)24/h1-4,7-10,12-15,24-25H,5-6,11,16-17,29H2,(H,31,32)/t25-/m0/s1. The molecule has 0 fully saturated rings. The first-order chi connectivity index (χ1) is 17.8. The zero-order valence-corrected chi connectivity index (χ0v) is 21.5. The number of nitrogens with zero attached hydrogens (tertiary/aromatic N) is 1. The monoisotopic (exact) mass is 542 g/mol. The summed E-state index contributed by atoms with van der Waals surface area (Å²) in [6.45, 7) is 0.149. The Morgan fingerprint density at radius 2 is 1.51 bits per heavy atom. The normalized spacial score (nSPS) is 13.5. The highest BCUT2D eigenvalue weighted by atomic mass is 35.5. The molecular formula is C27H27ClN2O6S. The molecule has 0 saturated heterocycles. The van der Waals surface area contributed by atoms with Gasteiger partial charge in [0.25, 0.3) is 10.0 Å². The summed E-state index contributed by atoms with van der Waals surface area (Å²) in [5.74, 6) is -1.78. The molecule has 1 amide bonds. The molecule has 194 valence electrons. The van der Waals surface area contributed by atoms with Gasteiger partial charge in [0.05, 0.1) is 4.90 Å². The van der Waals surface area contributed by atoms with Crippen molar-refractivity contribution in [1.82, 2.24) is 4.31 Å². The van der Waals surface area contributed by atoms with Crippen molar-refractivity contribution in [3.8, 4) is 11.1 Å². The first-order valence-corrected chi connectivity index (χ1v) is 13.7. The maximum absolute atomic E-state index is 13.6. The second-order valence-electron chi connectivity index (χ2n) is 8.70. The van der Waals surface area contributed by atoms with E-state index in [1.54, 1.807) is 0 Å². The maximum Gasteiger partial charge on any atom is 0.424 e. The first-order valence-electron chi connectivity index (χ1n) is 11.8. The van der Waals surface area contributed by atoms with Gasteiger partial charge in [0.2, 0.25) is 0 Å². The lowest BCUT2D eigenvalue weighted by Gasteiger charge is -2.28. The van der Waals surface area contributed by atoms with Crippen LogP contribution in [0.3, 0.4) is 0 Å². The summed E-state index contributed by atoms with van der Waals surface area (Å²) in [5.41, 5.74) is 9.44. The summed E-state index contributed by atoms with van der Waals surface area (Å²) in [6, 6.07) is 18.9.